The largest absolute Gasteiger partial charge is 0.506 e. The smallest absolute Gasteiger partial charge is 0.341 e. The Morgan fingerprint density at radius 1 is 0.744 bits per heavy atom. The lowest BCUT2D eigenvalue weighted by Crippen LogP contribution is -2.10. The molecule has 0 aliphatic carbocycles. The minimum absolute atomic E-state index is 0.0923. The zero-order valence-electron chi connectivity index (χ0n) is 23.0. The van der Waals surface area contributed by atoms with Gasteiger partial charge in [0.15, 0.2) is 22.6 Å². The number of rotatable bonds is 7. The molecule has 0 fully saturated rings. The van der Waals surface area contributed by atoms with Crippen molar-refractivity contribution in [1.29, 1.82) is 0 Å². The highest BCUT2D eigenvalue weighted by Crippen LogP contribution is 2.26. The summed E-state index contributed by atoms with van der Waals surface area (Å²) in [6, 6.07) is 16.8. The van der Waals surface area contributed by atoms with Crippen LogP contribution in [0, 0.1) is 0 Å². The molecule has 0 bridgehead atoms. The van der Waals surface area contributed by atoms with Gasteiger partial charge in [-0.05, 0) is 48.5 Å². The van der Waals surface area contributed by atoms with Crippen LogP contribution in [0.3, 0.4) is 0 Å². The van der Waals surface area contributed by atoms with Crippen molar-refractivity contribution in [2.75, 3.05) is 14.2 Å². The van der Waals surface area contributed by atoms with Gasteiger partial charge < -0.3 is 19.0 Å². The van der Waals surface area contributed by atoms with E-state index in [-0.39, 0.29) is 27.7 Å². The monoisotopic (exact) mass is 580 g/mol. The van der Waals surface area contributed by atoms with E-state index in [1.807, 2.05) is 0 Å². The fraction of sp³-hybridized carbons (Fsp3) is 0.0938. The molecule has 3 aromatic heterocycles. The number of Topliss-reactive ketones (excluding diaryl/α,β-unsaturated/α-hetero) is 2. The van der Waals surface area contributed by atoms with Gasteiger partial charge >= 0.3 is 11.9 Å². The number of aromatic hydroxyl groups is 1. The lowest BCUT2D eigenvalue weighted by atomic mass is 9.99. The number of phenolic OH excluding ortho intramolecular Hbond substituents is 1. The lowest BCUT2D eigenvalue weighted by Gasteiger charge is -2.07. The molecule has 0 radical (unpaired) electrons. The maximum Gasteiger partial charge on any atom is 0.341 e. The summed E-state index contributed by atoms with van der Waals surface area (Å²) in [7, 11) is 2.45. The molecule has 2 aromatic carbocycles. The van der Waals surface area contributed by atoms with Crippen LogP contribution in [0.5, 0.6) is 5.75 Å². The van der Waals surface area contributed by atoms with E-state index in [9.17, 15) is 29.1 Å². The number of para-hydroxylation sites is 2. The van der Waals surface area contributed by atoms with E-state index < -0.39 is 35.7 Å². The van der Waals surface area contributed by atoms with Crippen LogP contribution in [0.15, 0.2) is 101 Å². The van der Waals surface area contributed by atoms with Gasteiger partial charge in [0.1, 0.15) is 22.6 Å². The number of carbonyl (C=O) groups is 4. The van der Waals surface area contributed by atoms with Crippen LogP contribution in [0.25, 0.3) is 22.3 Å². The molecule has 216 valence electrons. The van der Waals surface area contributed by atoms with E-state index in [0.29, 0.717) is 22.3 Å². The van der Waals surface area contributed by atoms with E-state index in [4.69, 9.17) is 9.15 Å². The molecular formula is C32H24N2O9. The number of phenols is 1. The molecule has 1 N–H and O–H groups in total. The molecule has 5 rings (SSSR count). The molecule has 0 amide bonds. The number of carbonyl (C=O) groups excluding carboxylic acids is 4. The van der Waals surface area contributed by atoms with Crippen LogP contribution < -0.4 is 5.43 Å². The van der Waals surface area contributed by atoms with Crippen molar-refractivity contribution in [2.24, 2.45) is 0 Å². The highest BCUT2D eigenvalue weighted by atomic mass is 16.5. The van der Waals surface area contributed by atoms with Gasteiger partial charge in [0.25, 0.3) is 0 Å². The molecular weight excluding hydrogens is 556 g/mol. The molecule has 0 spiro atoms. The summed E-state index contributed by atoms with van der Waals surface area (Å²) in [5.41, 5.74) is 1.09. The van der Waals surface area contributed by atoms with Crippen LogP contribution in [0.1, 0.15) is 47.9 Å². The second-order valence-corrected chi connectivity index (χ2v) is 8.84. The Balaban J connectivity index is 0.000000197. The van der Waals surface area contributed by atoms with Gasteiger partial charge in [-0.2, -0.15) is 0 Å². The van der Waals surface area contributed by atoms with Crippen LogP contribution in [-0.4, -0.2) is 52.8 Å². The molecule has 0 aliphatic heterocycles. The van der Waals surface area contributed by atoms with Gasteiger partial charge in [-0.15, -0.1) is 0 Å². The van der Waals surface area contributed by atoms with Crippen molar-refractivity contribution < 1.29 is 38.2 Å². The second-order valence-electron chi connectivity index (χ2n) is 8.84. The number of nitrogens with zero attached hydrogens (tertiary/aromatic N) is 2. The maximum absolute atomic E-state index is 12.2. The van der Waals surface area contributed by atoms with Crippen molar-refractivity contribution in [2.45, 2.75) is 6.42 Å². The molecule has 0 aliphatic rings. The first kappa shape index (κ1) is 30.0. The summed E-state index contributed by atoms with van der Waals surface area (Å²) >= 11 is 0. The third kappa shape index (κ3) is 6.85. The molecule has 3 heterocycles. The summed E-state index contributed by atoms with van der Waals surface area (Å²) in [5.74, 6) is -2.38. The summed E-state index contributed by atoms with van der Waals surface area (Å²) < 4.78 is 15.0. The fourth-order valence-electron chi connectivity index (χ4n) is 4.03. The minimum Gasteiger partial charge on any atom is -0.506 e. The summed E-state index contributed by atoms with van der Waals surface area (Å²) in [6.07, 6.45) is 5.69. The molecule has 0 saturated carbocycles. The first-order chi connectivity index (χ1) is 20.7. The third-order valence-corrected chi connectivity index (χ3v) is 6.19. The number of hydrogen-bond acceptors (Lipinski definition) is 11. The topological polar surface area (TPSA) is 163 Å². The number of benzene rings is 2. The van der Waals surface area contributed by atoms with E-state index in [1.54, 1.807) is 42.7 Å². The second kappa shape index (κ2) is 13.6. The van der Waals surface area contributed by atoms with Gasteiger partial charge in [-0.1, -0.05) is 12.1 Å². The Hall–Kier alpha value is -5.97. The standard InChI is InChI=1S/C16H13NO5.C16H11NO4/c1-22-16(21)12-4-2-3-11(15(12)20)14(19)9-13(18)10-5-7-17-8-6-10;1-20-16(19)12-4-2-3-11-13(18)9-14(21-15(11)12)10-5-7-17-8-6-10/h2-8,20H,9H2,1H3;2-9H,1H3. The summed E-state index contributed by atoms with van der Waals surface area (Å²) in [6.45, 7) is 0. The molecule has 11 nitrogen and oxygen atoms in total. The Labute approximate surface area is 244 Å². The van der Waals surface area contributed by atoms with Crippen LogP contribution in [0.4, 0.5) is 0 Å². The number of fused-ring (bicyclic) bond motifs is 1. The van der Waals surface area contributed by atoms with Gasteiger partial charge in [-0.25, -0.2) is 9.59 Å². The maximum atomic E-state index is 12.2. The Morgan fingerprint density at radius 3 is 1.95 bits per heavy atom. The third-order valence-electron chi connectivity index (χ3n) is 6.19. The molecule has 11 heteroatoms. The summed E-state index contributed by atoms with van der Waals surface area (Å²) in [5, 5.41) is 10.3. The first-order valence-electron chi connectivity index (χ1n) is 12.7. The van der Waals surface area contributed by atoms with Gasteiger partial charge in [-0.3, -0.25) is 24.4 Å². The van der Waals surface area contributed by atoms with E-state index in [0.717, 1.165) is 0 Å². The minimum atomic E-state index is -0.757. The van der Waals surface area contributed by atoms with E-state index in [2.05, 4.69) is 14.7 Å². The highest BCUT2D eigenvalue weighted by molar-refractivity contribution is 6.15. The SMILES string of the molecule is COC(=O)c1cccc(C(=O)CC(=O)c2ccncc2)c1O.COC(=O)c1cccc2c(=O)cc(-c3ccncc3)oc12. The molecule has 0 saturated heterocycles. The van der Waals surface area contributed by atoms with Crippen molar-refractivity contribution >= 4 is 34.5 Å². The van der Waals surface area contributed by atoms with Gasteiger partial charge in [0.05, 0.1) is 31.6 Å². The molecule has 5 aromatic rings. The Kier molecular flexibility index (Phi) is 9.48. The van der Waals surface area contributed by atoms with E-state index in [1.165, 1.54) is 63.0 Å². The van der Waals surface area contributed by atoms with Crippen LogP contribution in [0.2, 0.25) is 0 Å². The van der Waals surface area contributed by atoms with Crippen molar-refractivity contribution in [1.82, 2.24) is 9.97 Å². The van der Waals surface area contributed by atoms with Crippen LogP contribution in [-0.2, 0) is 9.47 Å². The first-order valence-corrected chi connectivity index (χ1v) is 12.7. The zero-order chi connectivity index (χ0) is 30.9. The van der Waals surface area contributed by atoms with Crippen molar-refractivity contribution in [3.8, 4) is 17.1 Å². The Morgan fingerprint density at radius 2 is 1.30 bits per heavy atom. The molecule has 0 unspecified atom stereocenters. The van der Waals surface area contributed by atoms with Crippen molar-refractivity contribution in [3.05, 3.63) is 124 Å². The Bertz CT molecular complexity index is 1870. The average molecular weight is 581 g/mol. The quantitative estimate of drug-likeness (QED) is 0.162. The molecule has 43 heavy (non-hydrogen) atoms. The number of ether oxygens (including phenoxy) is 2. The number of methoxy groups -OCH3 is 2. The number of ketones is 2. The number of esters is 2. The fourth-order valence-corrected chi connectivity index (χ4v) is 4.03. The normalized spacial score (nSPS) is 10.3. The average Bonchev–Trinajstić information content (AvgIpc) is 3.05. The van der Waals surface area contributed by atoms with Crippen molar-refractivity contribution in [3.63, 3.8) is 0 Å². The number of hydrogen-bond donors (Lipinski definition) is 1. The lowest BCUT2D eigenvalue weighted by molar-refractivity contribution is 0.0590. The van der Waals surface area contributed by atoms with Gasteiger partial charge in [0.2, 0.25) is 0 Å². The van der Waals surface area contributed by atoms with E-state index >= 15 is 0 Å². The predicted molar refractivity (Wildman–Crippen MR) is 154 cm³/mol. The predicted octanol–water partition coefficient (Wildman–Crippen LogP) is 4.67. The van der Waals surface area contributed by atoms with Gasteiger partial charge in [0, 0.05) is 42.0 Å². The summed E-state index contributed by atoms with van der Waals surface area (Å²) in [4.78, 5) is 67.4. The highest BCUT2D eigenvalue weighted by Gasteiger charge is 2.21. The molecule has 0 atom stereocenters. The number of aromatic nitrogens is 2. The number of pyridine rings is 2. The van der Waals surface area contributed by atoms with Crippen LogP contribution >= 0.6 is 0 Å². The zero-order valence-corrected chi connectivity index (χ0v) is 23.0.